The van der Waals surface area contributed by atoms with Gasteiger partial charge < -0.3 is 19.5 Å². The highest BCUT2D eigenvalue weighted by atomic mass is 35.5. The first-order valence-corrected chi connectivity index (χ1v) is 8.23. The molecule has 130 valence electrons. The molecule has 4 nitrogen and oxygen atoms in total. The highest BCUT2D eigenvalue weighted by Crippen LogP contribution is 2.35. The lowest BCUT2D eigenvalue weighted by molar-refractivity contribution is 0.346. The minimum Gasteiger partial charge on any atom is -0.496 e. The molecule has 1 N–H and O–H groups in total. The molecular weight excluding hydrogens is 349 g/mol. The number of halogens is 2. The number of hydrogen-bond acceptors (Lipinski definition) is 4. The van der Waals surface area contributed by atoms with Crippen molar-refractivity contribution in [3.63, 3.8) is 0 Å². The number of nitrogens with one attached hydrogen (secondary N) is 1. The topological polar surface area (TPSA) is 39.7 Å². The smallest absolute Gasteiger partial charge is 0.164 e. The van der Waals surface area contributed by atoms with Crippen LogP contribution in [0, 0.1) is 0 Å². The van der Waals surface area contributed by atoms with E-state index in [2.05, 4.69) is 12.2 Å². The summed E-state index contributed by atoms with van der Waals surface area (Å²) in [5.74, 6) is 2.04. The van der Waals surface area contributed by atoms with Gasteiger partial charge in [-0.3, -0.25) is 0 Å². The predicted octanol–water partition coefficient (Wildman–Crippen LogP) is 4.87. The van der Waals surface area contributed by atoms with Crippen LogP contribution >= 0.6 is 23.2 Å². The molecule has 6 heteroatoms. The number of benzene rings is 2. The van der Waals surface area contributed by atoms with Gasteiger partial charge >= 0.3 is 0 Å². The van der Waals surface area contributed by atoms with Crippen LogP contribution < -0.4 is 19.5 Å². The Morgan fingerprint density at radius 3 is 2.08 bits per heavy atom. The number of hydrogen-bond donors (Lipinski definition) is 1. The van der Waals surface area contributed by atoms with Crippen molar-refractivity contribution >= 4 is 23.2 Å². The molecule has 0 aliphatic heterocycles. The first-order valence-electron chi connectivity index (χ1n) is 7.47. The molecule has 0 fully saturated rings. The molecule has 1 atom stereocenters. The van der Waals surface area contributed by atoms with Crippen molar-refractivity contribution in [1.29, 1.82) is 0 Å². The van der Waals surface area contributed by atoms with Gasteiger partial charge in [0.05, 0.1) is 31.4 Å². The van der Waals surface area contributed by atoms with Crippen LogP contribution in [0.3, 0.4) is 0 Å². The average molecular weight is 370 g/mol. The molecule has 0 amide bonds. The third-order valence-corrected chi connectivity index (χ3v) is 4.57. The van der Waals surface area contributed by atoms with E-state index in [1.54, 1.807) is 27.4 Å². The van der Waals surface area contributed by atoms with Crippen molar-refractivity contribution in [1.82, 2.24) is 5.32 Å². The summed E-state index contributed by atoms with van der Waals surface area (Å²) in [5.41, 5.74) is 2.03. The highest BCUT2D eigenvalue weighted by Gasteiger charge is 2.13. The van der Waals surface area contributed by atoms with E-state index in [1.165, 1.54) is 0 Å². The second-order valence-electron chi connectivity index (χ2n) is 5.30. The molecule has 2 aromatic rings. The Morgan fingerprint density at radius 1 is 0.875 bits per heavy atom. The first-order chi connectivity index (χ1) is 11.5. The number of ether oxygens (including phenoxy) is 3. The zero-order valence-corrected chi connectivity index (χ0v) is 15.7. The van der Waals surface area contributed by atoms with Crippen LogP contribution in [-0.4, -0.2) is 21.3 Å². The maximum atomic E-state index is 6.09. The van der Waals surface area contributed by atoms with E-state index >= 15 is 0 Å². The standard InChI is InChI=1S/C18H21Cl2NO3/c1-11(12-5-6-14(19)15(20)7-12)21-10-13-8-17(23-3)18(24-4)9-16(13)22-2/h5-9,11,21H,10H2,1-4H3. The summed E-state index contributed by atoms with van der Waals surface area (Å²) >= 11 is 12.1. The maximum absolute atomic E-state index is 6.09. The molecule has 0 aliphatic rings. The van der Waals surface area contributed by atoms with E-state index in [0.717, 1.165) is 16.9 Å². The Kier molecular flexibility index (Phi) is 6.60. The van der Waals surface area contributed by atoms with E-state index in [1.807, 2.05) is 24.3 Å². The Bertz CT molecular complexity index is 707. The van der Waals surface area contributed by atoms with Crippen molar-refractivity contribution in [2.24, 2.45) is 0 Å². The monoisotopic (exact) mass is 369 g/mol. The summed E-state index contributed by atoms with van der Waals surface area (Å²) in [6.07, 6.45) is 0. The largest absolute Gasteiger partial charge is 0.496 e. The van der Waals surface area contributed by atoms with Crippen molar-refractivity contribution in [3.05, 3.63) is 51.5 Å². The quantitative estimate of drug-likeness (QED) is 0.755. The fourth-order valence-electron chi connectivity index (χ4n) is 2.39. The normalized spacial score (nSPS) is 11.9. The molecule has 0 heterocycles. The zero-order valence-electron chi connectivity index (χ0n) is 14.2. The Morgan fingerprint density at radius 2 is 1.50 bits per heavy atom. The molecule has 0 radical (unpaired) electrons. The fourth-order valence-corrected chi connectivity index (χ4v) is 2.70. The molecule has 0 spiro atoms. The van der Waals surface area contributed by atoms with Gasteiger partial charge in [0.15, 0.2) is 11.5 Å². The highest BCUT2D eigenvalue weighted by molar-refractivity contribution is 6.42. The van der Waals surface area contributed by atoms with Crippen molar-refractivity contribution in [3.8, 4) is 17.2 Å². The van der Waals surface area contributed by atoms with Crippen LogP contribution in [0.25, 0.3) is 0 Å². The predicted molar refractivity (Wildman–Crippen MR) is 97.8 cm³/mol. The van der Waals surface area contributed by atoms with Crippen molar-refractivity contribution in [2.45, 2.75) is 19.5 Å². The lowest BCUT2D eigenvalue weighted by atomic mass is 10.1. The summed E-state index contributed by atoms with van der Waals surface area (Å²) in [6.45, 7) is 2.66. The molecular formula is C18H21Cl2NO3. The lowest BCUT2D eigenvalue weighted by Gasteiger charge is -2.18. The molecule has 0 aromatic heterocycles. The zero-order chi connectivity index (χ0) is 17.7. The summed E-state index contributed by atoms with van der Waals surface area (Å²) < 4.78 is 16.1. The number of rotatable bonds is 7. The van der Waals surface area contributed by atoms with Gasteiger partial charge in [-0.15, -0.1) is 0 Å². The first kappa shape index (κ1) is 18.7. The van der Waals surface area contributed by atoms with Gasteiger partial charge in [-0.25, -0.2) is 0 Å². The molecule has 2 aromatic carbocycles. The van der Waals surface area contributed by atoms with E-state index in [-0.39, 0.29) is 6.04 Å². The molecule has 1 unspecified atom stereocenters. The second kappa shape index (κ2) is 8.47. The van der Waals surface area contributed by atoms with Gasteiger partial charge in [0.1, 0.15) is 5.75 Å². The van der Waals surface area contributed by atoms with Crippen LogP contribution in [0.15, 0.2) is 30.3 Å². The SMILES string of the molecule is COc1cc(OC)c(OC)cc1CNC(C)c1ccc(Cl)c(Cl)c1. The molecule has 0 aliphatic carbocycles. The second-order valence-corrected chi connectivity index (χ2v) is 6.11. The van der Waals surface area contributed by atoms with E-state index in [4.69, 9.17) is 37.4 Å². The van der Waals surface area contributed by atoms with E-state index < -0.39 is 0 Å². The van der Waals surface area contributed by atoms with Crippen molar-refractivity contribution in [2.75, 3.05) is 21.3 Å². The van der Waals surface area contributed by atoms with Crippen LogP contribution in [-0.2, 0) is 6.54 Å². The van der Waals surface area contributed by atoms with Gasteiger partial charge in [0.2, 0.25) is 0 Å². The van der Waals surface area contributed by atoms with Crippen molar-refractivity contribution < 1.29 is 14.2 Å². The molecule has 0 bridgehead atoms. The summed E-state index contributed by atoms with van der Waals surface area (Å²) in [5, 5.41) is 4.55. The Balaban J connectivity index is 2.16. The summed E-state index contributed by atoms with van der Waals surface area (Å²) in [4.78, 5) is 0. The average Bonchev–Trinajstić information content (AvgIpc) is 2.60. The fraction of sp³-hybridized carbons (Fsp3) is 0.333. The molecule has 2 rings (SSSR count). The van der Waals surface area contributed by atoms with E-state index in [9.17, 15) is 0 Å². The Hall–Kier alpha value is -1.62. The Labute approximate surface area is 152 Å². The van der Waals surface area contributed by atoms with Crippen LogP contribution in [0.1, 0.15) is 24.1 Å². The summed E-state index contributed by atoms with van der Waals surface area (Å²) in [7, 11) is 4.84. The third kappa shape index (κ3) is 4.26. The minimum atomic E-state index is 0.0950. The van der Waals surface area contributed by atoms with Crippen LogP contribution in [0.5, 0.6) is 17.2 Å². The molecule has 24 heavy (non-hydrogen) atoms. The van der Waals surface area contributed by atoms with Crippen LogP contribution in [0.4, 0.5) is 0 Å². The van der Waals surface area contributed by atoms with Gasteiger partial charge in [-0.1, -0.05) is 29.3 Å². The molecule has 0 saturated carbocycles. The van der Waals surface area contributed by atoms with Gasteiger partial charge in [-0.2, -0.15) is 0 Å². The van der Waals surface area contributed by atoms with Gasteiger partial charge in [0, 0.05) is 24.2 Å². The van der Waals surface area contributed by atoms with Gasteiger partial charge in [0.25, 0.3) is 0 Å². The molecule has 0 saturated heterocycles. The summed E-state index contributed by atoms with van der Waals surface area (Å²) in [6, 6.07) is 9.45. The van der Waals surface area contributed by atoms with Crippen LogP contribution in [0.2, 0.25) is 10.0 Å². The van der Waals surface area contributed by atoms with Gasteiger partial charge in [-0.05, 0) is 30.7 Å². The minimum absolute atomic E-state index is 0.0950. The third-order valence-electron chi connectivity index (χ3n) is 3.83. The van der Waals surface area contributed by atoms with E-state index in [0.29, 0.717) is 28.1 Å². The lowest BCUT2D eigenvalue weighted by Crippen LogP contribution is -2.18. The maximum Gasteiger partial charge on any atom is 0.164 e. The number of methoxy groups -OCH3 is 3.